The van der Waals surface area contributed by atoms with Gasteiger partial charge in [-0.1, -0.05) is 18.7 Å². The summed E-state index contributed by atoms with van der Waals surface area (Å²) in [6.07, 6.45) is 3.12. The van der Waals surface area contributed by atoms with Crippen LogP contribution in [0.15, 0.2) is 5.16 Å². The Balaban J connectivity index is 2.29. The van der Waals surface area contributed by atoms with Crippen molar-refractivity contribution < 1.29 is 8.42 Å². The molecule has 120 valence electrons. The minimum absolute atomic E-state index is 0.134. The van der Waals surface area contributed by atoms with Gasteiger partial charge in [0.1, 0.15) is 5.82 Å². The lowest BCUT2D eigenvalue weighted by atomic mass is 9.98. The zero-order valence-corrected chi connectivity index (χ0v) is 14.7. The van der Waals surface area contributed by atoms with E-state index in [1.807, 2.05) is 0 Å². The highest BCUT2D eigenvalue weighted by atomic mass is 32.2. The number of aromatic nitrogens is 3. The Bertz CT molecular complexity index is 583. The van der Waals surface area contributed by atoms with Gasteiger partial charge in [-0.2, -0.15) is 0 Å². The van der Waals surface area contributed by atoms with E-state index in [-0.39, 0.29) is 12.0 Å². The molecule has 8 heteroatoms. The van der Waals surface area contributed by atoms with Crippen LogP contribution in [0.1, 0.15) is 51.4 Å². The molecule has 0 radical (unpaired) electrons. The van der Waals surface area contributed by atoms with Crippen LogP contribution in [0.3, 0.4) is 0 Å². The molecular formula is C13H24N4O2S2. The van der Waals surface area contributed by atoms with Gasteiger partial charge in [0.05, 0.1) is 6.26 Å². The number of hydrogen-bond donors (Lipinski definition) is 0. The molecule has 1 aromatic heterocycles. The number of rotatable bonds is 5. The largest absolute Gasteiger partial charge is 0.303 e. The molecule has 1 aliphatic rings. The predicted octanol–water partition coefficient (Wildman–Crippen LogP) is 2.11. The lowest BCUT2D eigenvalue weighted by Gasteiger charge is -2.31. The maximum atomic E-state index is 11.8. The molecule has 0 amide bonds. The fourth-order valence-corrected chi connectivity index (χ4v) is 4.45. The normalized spacial score (nSPS) is 21.1. The van der Waals surface area contributed by atoms with Crippen LogP contribution in [0.25, 0.3) is 0 Å². The molecule has 0 N–H and O–H groups in total. The Morgan fingerprint density at radius 2 is 2.10 bits per heavy atom. The van der Waals surface area contributed by atoms with E-state index < -0.39 is 10.0 Å². The molecule has 1 aromatic rings. The highest BCUT2D eigenvalue weighted by Crippen LogP contribution is 2.31. The van der Waals surface area contributed by atoms with Crippen LogP contribution in [-0.2, 0) is 10.0 Å². The third-order valence-corrected chi connectivity index (χ3v) is 5.79. The van der Waals surface area contributed by atoms with E-state index in [0.717, 1.165) is 29.6 Å². The smallest absolute Gasteiger partial charge is 0.211 e. The second kappa shape index (κ2) is 6.66. The number of sulfonamides is 1. The third kappa shape index (κ3) is 3.78. The summed E-state index contributed by atoms with van der Waals surface area (Å²) in [5.74, 6) is 2.01. The number of nitrogens with zero attached hydrogens (tertiary/aromatic N) is 4. The third-order valence-electron chi connectivity index (χ3n) is 3.70. The minimum atomic E-state index is -3.13. The lowest BCUT2D eigenvalue weighted by molar-refractivity contribution is 0.302. The molecule has 1 aliphatic heterocycles. The van der Waals surface area contributed by atoms with Crippen molar-refractivity contribution in [2.75, 3.05) is 25.1 Å². The predicted molar refractivity (Wildman–Crippen MR) is 85.2 cm³/mol. The minimum Gasteiger partial charge on any atom is -0.303 e. The highest BCUT2D eigenvalue weighted by molar-refractivity contribution is 7.99. The zero-order chi connectivity index (χ0) is 15.6. The maximum absolute atomic E-state index is 11.8. The van der Waals surface area contributed by atoms with Crippen LogP contribution in [0.5, 0.6) is 0 Å². The molecule has 1 unspecified atom stereocenters. The first-order valence-corrected chi connectivity index (χ1v) is 10.2. The van der Waals surface area contributed by atoms with E-state index in [9.17, 15) is 8.42 Å². The number of piperidine rings is 1. The summed E-state index contributed by atoms with van der Waals surface area (Å²) in [6.45, 7) is 7.45. The van der Waals surface area contributed by atoms with Crippen LogP contribution in [-0.4, -0.2) is 52.6 Å². The van der Waals surface area contributed by atoms with Gasteiger partial charge in [0.25, 0.3) is 0 Å². The first-order valence-electron chi connectivity index (χ1n) is 7.37. The van der Waals surface area contributed by atoms with Crippen LogP contribution in [0, 0.1) is 0 Å². The van der Waals surface area contributed by atoms with Crippen molar-refractivity contribution in [2.45, 2.75) is 50.7 Å². The molecule has 2 rings (SSSR count). The van der Waals surface area contributed by atoms with Gasteiger partial charge in [0, 0.05) is 25.0 Å². The molecular weight excluding hydrogens is 308 g/mol. The Morgan fingerprint density at radius 1 is 1.38 bits per heavy atom. The summed E-state index contributed by atoms with van der Waals surface area (Å²) in [5.41, 5.74) is 0. The molecule has 6 nitrogen and oxygen atoms in total. The van der Waals surface area contributed by atoms with Crippen molar-refractivity contribution in [2.24, 2.45) is 0 Å². The molecule has 0 aromatic carbocycles. The summed E-state index contributed by atoms with van der Waals surface area (Å²) in [6, 6.07) is 0.276. The first kappa shape index (κ1) is 16.8. The second-order valence-electron chi connectivity index (χ2n) is 5.70. The Kier molecular flexibility index (Phi) is 5.32. The van der Waals surface area contributed by atoms with E-state index >= 15 is 0 Å². The van der Waals surface area contributed by atoms with Crippen molar-refractivity contribution in [3.8, 4) is 0 Å². The molecule has 21 heavy (non-hydrogen) atoms. The number of hydrogen-bond acceptors (Lipinski definition) is 5. The van der Waals surface area contributed by atoms with Crippen molar-refractivity contribution in [1.82, 2.24) is 19.1 Å². The summed E-state index contributed by atoms with van der Waals surface area (Å²) in [4.78, 5) is 0. The summed E-state index contributed by atoms with van der Waals surface area (Å²) in [5, 5.41) is 9.59. The van der Waals surface area contributed by atoms with Crippen LogP contribution >= 0.6 is 11.8 Å². The van der Waals surface area contributed by atoms with Gasteiger partial charge >= 0.3 is 0 Å². The lowest BCUT2D eigenvalue weighted by Crippen LogP contribution is -2.39. The van der Waals surface area contributed by atoms with Gasteiger partial charge in [-0.15, -0.1) is 10.2 Å². The van der Waals surface area contributed by atoms with E-state index in [1.165, 1.54) is 6.26 Å². The fraction of sp³-hybridized carbons (Fsp3) is 0.846. The number of thioether (sulfide) groups is 1. The van der Waals surface area contributed by atoms with Crippen LogP contribution < -0.4 is 0 Å². The standard InChI is InChI=1S/C13H24N4O2S2/c1-5-20-13-15-14-12(17(13)10(2)3)11-7-6-8-16(9-11)21(4,18)19/h10-11H,5-9H2,1-4H3. The summed E-state index contributed by atoms with van der Waals surface area (Å²) < 4.78 is 27.3. The molecule has 1 fully saturated rings. The zero-order valence-electron chi connectivity index (χ0n) is 13.1. The summed E-state index contributed by atoms with van der Waals surface area (Å²) in [7, 11) is -3.13. The Labute approximate surface area is 131 Å². The van der Waals surface area contributed by atoms with Gasteiger partial charge in [0.15, 0.2) is 5.16 Å². The van der Waals surface area contributed by atoms with Gasteiger partial charge < -0.3 is 4.57 Å². The van der Waals surface area contributed by atoms with Crippen molar-refractivity contribution in [1.29, 1.82) is 0 Å². The van der Waals surface area contributed by atoms with Crippen LogP contribution in [0.4, 0.5) is 0 Å². The van der Waals surface area contributed by atoms with Gasteiger partial charge in [-0.25, -0.2) is 12.7 Å². The summed E-state index contributed by atoms with van der Waals surface area (Å²) >= 11 is 1.68. The maximum Gasteiger partial charge on any atom is 0.211 e. The SMILES string of the molecule is CCSc1nnc(C2CCCN(S(C)(=O)=O)C2)n1C(C)C. The van der Waals surface area contributed by atoms with Crippen molar-refractivity contribution >= 4 is 21.8 Å². The molecule has 0 saturated carbocycles. The van der Waals surface area contributed by atoms with E-state index in [4.69, 9.17) is 0 Å². The van der Waals surface area contributed by atoms with Gasteiger partial charge in [0.2, 0.25) is 10.0 Å². The molecule has 0 spiro atoms. The van der Waals surface area contributed by atoms with Crippen molar-refractivity contribution in [3.05, 3.63) is 5.82 Å². The van der Waals surface area contributed by atoms with E-state index in [0.29, 0.717) is 13.1 Å². The van der Waals surface area contributed by atoms with Gasteiger partial charge in [-0.05, 0) is 32.4 Å². The highest BCUT2D eigenvalue weighted by Gasteiger charge is 2.31. The quantitative estimate of drug-likeness (QED) is 0.773. The fourth-order valence-electron chi connectivity index (χ4n) is 2.73. The monoisotopic (exact) mass is 332 g/mol. The Morgan fingerprint density at radius 3 is 2.67 bits per heavy atom. The topological polar surface area (TPSA) is 68.1 Å². The Hall–Kier alpha value is -0.600. The molecule has 1 atom stereocenters. The van der Waals surface area contributed by atoms with E-state index in [1.54, 1.807) is 16.1 Å². The second-order valence-corrected chi connectivity index (χ2v) is 8.91. The average molecular weight is 332 g/mol. The van der Waals surface area contributed by atoms with Gasteiger partial charge in [-0.3, -0.25) is 0 Å². The molecule has 0 aliphatic carbocycles. The molecule has 0 bridgehead atoms. The van der Waals surface area contributed by atoms with E-state index in [2.05, 4.69) is 35.5 Å². The average Bonchev–Trinajstić information content (AvgIpc) is 2.82. The molecule has 1 saturated heterocycles. The van der Waals surface area contributed by atoms with Crippen molar-refractivity contribution in [3.63, 3.8) is 0 Å². The molecule has 2 heterocycles. The first-order chi connectivity index (χ1) is 9.84. The van der Waals surface area contributed by atoms with Crippen LogP contribution in [0.2, 0.25) is 0 Å².